The maximum Gasteiger partial charge on any atom is 0.139 e. The molecule has 1 aromatic rings. The van der Waals surface area contributed by atoms with Gasteiger partial charge in [-0.2, -0.15) is 0 Å². The van der Waals surface area contributed by atoms with Gasteiger partial charge in [-0.25, -0.2) is 4.39 Å². The molecule has 1 unspecified atom stereocenters. The first-order valence-corrected chi connectivity index (χ1v) is 7.49. The van der Waals surface area contributed by atoms with E-state index in [1.54, 1.807) is 6.07 Å². The third-order valence-electron chi connectivity index (χ3n) is 3.72. The summed E-state index contributed by atoms with van der Waals surface area (Å²) in [6, 6.07) is 3.65. The lowest BCUT2D eigenvalue weighted by atomic mass is 10.1. The van der Waals surface area contributed by atoms with Gasteiger partial charge in [-0.3, -0.25) is 0 Å². The van der Waals surface area contributed by atoms with Gasteiger partial charge in [-0.05, 0) is 54.7 Å². The standard InChI is InChI=1S/C14H21BrFN3/c1-9(2)19-4-3-10(8-19)7-18-14-6-12(16)11(15)5-13(14)17/h5-6,9-10,18H,3-4,7-8,17H2,1-2H3. The van der Waals surface area contributed by atoms with Crippen LogP contribution in [0.25, 0.3) is 0 Å². The van der Waals surface area contributed by atoms with Crippen LogP contribution in [-0.2, 0) is 0 Å². The predicted molar refractivity (Wildman–Crippen MR) is 81.8 cm³/mol. The summed E-state index contributed by atoms with van der Waals surface area (Å²) in [7, 11) is 0. The van der Waals surface area contributed by atoms with Crippen LogP contribution in [0.4, 0.5) is 15.8 Å². The van der Waals surface area contributed by atoms with Crippen LogP contribution in [-0.4, -0.2) is 30.6 Å². The van der Waals surface area contributed by atoms with Crippen molar-refractivity contribution in [2.24, 2.45) is 5.92 Å². The number of halogens is 2. The van der Waals surface area contributed by atoms with Crippen LogP contribution < -0.4 is 11.1 Å². The third kappa shape index (κ3) is 3.60. The number of likely N-dealkylation sites (tertiary alicyclic amines) is 1. The zero-order valence-electron chi connectivity index (χ0n) is 11.4. The lowest BCUT2D eigenvalue weighted by Crippen LogP contribution is -2.29. The Labute approximate surface area is 122 Å². The second kappa shape index (κ2) is 6.09. The smallest absolute Gasteiger partial charge is 0.139 e. The molecule has 0 aromatic heterocycles. The van der Waals surface area contributed by atoms with E-state index >= 15 is 0 Å². The van der Waals surface area contributed by atoms with E-state index in [1.807, 2.05) is 0 Å². The average molecular weight is 330 g/mol. The highest BCUT2D eigenvalue weighted by Crippen LogP contribution is 2.27. The van der Waals surface area contributed by atoms with Gasteiger partial charge in [-0.1, -0.05) is 0 Å². The van der Waals surface area contributed by atoms with Crippen molar-refractivity contribution in [2.45, 2.75) is 26.3 Å². The summed E-state index contributed by atoms with van der Waals surface area (Å²) in [5, 5.41) is 3.27. The van der Waals surface area contributed by atoms with E-state index in [-0.39, 0.29) is 5.82 Å². The molecule has 1 heterocycles. The SMILES string of the molecule is CC(C)N1CCC(CNc2cc(F)c(Br)cc2N)C1. The molecule has 1 aliphatic rings. The first-order valence-electron chi connectivity index (χ1n) is 6.69. The molecule has 3 nitrogen and oxygen atoms in total. The van der Waals surface area contributed by atoms with E-state index in [2.05, 4.69) is 40.0 Å². The molecule has 106 valence electrons. The van der Waals surface area contributed by atoms with Crippen LogP contribution in [0.2, 0.25) is 0 Å². The van der Waals surface area contributed by atoms with Crippen molar-refractivity contribution in [3.63, 3.8) is 0 Å². The van der Waals surface area contributed by atoms with Crippen LogP contribution in [0, 0.1) is 11.7 Å². The lowest BCUT2D eigenvalue weighted by molar-refractivity contribution is 0.266. The van der Waals surface area contributed by atoms with Crippen LogP contribution >= 0.6 is 15.9 Å². The Morgan fingerprint density at radius 1 is 1.53 bits per heavy atom. The maximum atomic E-state index is 13.5. The van der Waals surface area contributed by atoms with Gasteiger partial charge in [0.2, 0.25) is 0 Å². The monoisotopic (exact) mass is 329 g/mol. The topological polar surface area (TPSA) is 41.3 Å². The maximum absolute atomic E-state index is 13.5. The van der Waals surface area contributed by atoms with Crippen molar-refractivity contribution >= 4 is 27.3 Å². The number of nitrogens with zero attached hydrogens (tertiary/aromatic N) is 1. The third-order valence-corrected chi connectivity index (χ3v) is 4.33. The molecule has 0 bridgehead atoms. The molecule has 5 heteroatoms. The molecule has 0 spiro atoms. The molecule has 0 amide bonds. The van der Waals surface area contributed by atoms with Gasteiger partial charge in [-0.15, -0.1) is 0 Å². The van der Waals surface area contributed by atoms with E-state index in [0.717, 1.165) is 19.6 Å². The van der Waals surface area contributed by atoms with Crippen molar-refractivity contribution in [1.29, 1.82) is 0 Å². The summed E-state index contributed by atoms with van der Waals surface area (Å²) in [6.45, 7) is 7.53. The minimum absolute atomic E-state index is 0.285. The fourth-order valence-electron chi connectivity index (χ4n) is 2.47. The molecule has 0 aliphatic carbocycles. The first-order chi connectivity index (χ1) is 8.97. The van der Waals surface area contributed by atoms with E-state index in [9.17, 15) is 4.39 Å². The van der Waals surface area contributed by atoms with E-state index in [1.165, 1.54) is 12.5 Å². The Hall–Kier alpha value is -0.810. The summed E-state index contributed by atoms with van der Waals surface area (Å²) in [5.74, 6) is 0.320. The molecule has 0 saturated carbocycles. The van der Waals surface area contributed by atoms with E-state index in [0.29, 0.717) is 27.8 Å². The number of nitrogen functional groups attached to an aromatic ring is 1. The van der Waals surface area contributed by atoms with Gasteiger partial charge in [0, 0.05) is 25.2 Å². The molecule has 0 radical (unpaired) electrons. The molecule has 1 saturated heterocycles. The predicted octanol–water partition coefficient (Wildman–Crippen LogP) is 3.31. The second-order valence-corrected chi connectivity index (χ2v) is 6.33. The Kier molecular flexibility index (Phi) is 4.68. The minimum Gasteiger partial charge on any atom is -0.397 e. The zero-order chi connectivity index (χ0) is 14.0. The molecule has 1 atom stereocenters. The quantitative estimate of drug-likeness (QED) is 0.832. The summed E-state index contributed by atoms with van der Waals surface area (Å²) in [4.78, 5) is 2.47. The van der Waals surface area contributed by atoms with Gasteiger partial charge in [0.25, 0.3) is 0 Å². The largest absolute Gasteiger partial charge is 0.397 e. The highest BCUT2D eigenvalue weighted by Gasteiger charge is 2.24. The summed E-state index contributed by atoms with van der Waals surface area (Å²) < 4.78 is 13.9. The summed E-state index contributed by atoms with van der Waals surface area (Å²) in [6.07, 6.45) is 1.18. The molecule has 1 fully saturated rings. The Balaban J connectivity index is 1.91. The Morgan fingerprint density at radius 3 is 2.89 bits per heavy atom. The molecule has 1 aliphatic heterocycles. The van der Waals surface area contributed by atoms with Crippen LogP contribution in [0.5, 0.6) is 0 Å². The Morgan fingerprint density at radius 2 is 2.26 bits per heavy atom. The van der Waals surface area contributed by atoms with Gasteiger partial charge in [0.1, 0.15) is 5.82 Å². The lowest BCUT2D eigenvalue weighted by Gasteiger charge is -2.20. The molecular weight excluding hydrogens is 309 g/mol. The van der Waals surface area contributed by atoms with Gasteiger partial charge >= 0.3 is 0 Å². The van der Waals surface area contributed by atoms with Gasteiger partial charge < -0.3 is 16.0 Å². The summed E-state index contributed by atoms with van der Waals surface area (Å²) in [5.41, 5.74) is 7.14. The van der Waals surface area contributed by atoms with Gasteiger partial charge in [0.15, 0.2) is 0 Å². The summed E-state index contributed by atoms with van der Waals surface area (Å²) >= 11 is 3.13. The van der Waals surface area contributed by atoms with Crippen molar-refractivity contribution in [3.8, 4) is 0 Å². The fraction of sp³-hybridized carbons (Fsp3) is 0.571. The minimum atomic E-state index is -0.285. The van der Waals surface area contributed by atoms with Crippen LogP contribution in [0.15, 0.2) is 16.6 Å². The number of hydrogen-bond donors (Lipinski definition) is 2. The van der Waals surface area contributed by atoms with E-state index in [4.69, 9.17) is 5.73 Å². The molecular formula is C14H21BrFN3. The number of anilines is 2. The molecule has 19 heavy (non-hydrogen) atoms. The normalized spacial score (nSPS) is 20.2. The number of nitrogens with one attached hydrogen (secondary N) is 1. The van der Waals surface area contributed by atoms with Crippen molar-refractivity contribution < 1.29 is 4.39 Å². The number of nitrogens with two attached hydrogens (primary N) is 1. The molecule has 1 aromatic carbocycles. The van der Waals surface area contributed by atoms with Crippen molar-refractivity contribution in [1.82, 2.24) is 4.90 Å². The zero-order valence-corrected chi connectivity index (χ0v) is 13.0. The average Bonchev–Trinajstić information content (AvgIpc) is 2.81. The first kappa shape index (κ1) is 14.6. The number of benzene rings is 1. The number of hydrogen-bond acceptors (Lipinski definition) is 3. The molecule has 3 N–H and O–H groups in total. The highest BCUT2D eigenvalue weighted by atomic mass is 79.9. The van der Waals surface area contributed by atoms with Crippen LogP contribution in [0.3, 0.4) is 0 Å². The van der Waals surface area contributed by atoms with Crippen molar-refractivity contribution in [3.05, 3.63) is 22.4 Å². The number of rotatable bonds is 4. The van der Waals surface area contributed by atoms with Crippen LogP contribution in [0.1, 0.15) is 20.3 Å². The van der Waals surface area contributed by atoms with Gasteiger partial charge in [0.05, 0.1) is 15.8 Å². The second-order valence-electron chi connectivity index (χ2n) is 5.48. The van der Waals surface area contributed by atoms with E-state index < -0.39 is 0 Å². The molecule has 2 rings (SSSR count). The highest BCUT2D eigenvalue weighted by molar-refractivity contribution is 9.10. The Bertz CT molecular complexity index is 451. The fourth-order valence-corrected chi connectivity index (χ4v) is 2.83. The van der Waals surface area contributed by atoms with Crippen molar-refractivity contribution in [2.75, 3.05) is 30.7 Å².